The van der Waals surface area contributed by atoms with Crippen molar-refractivity contribution in [1.82, 2.24) is 14.8 Å². The van der Waals surface area contributed by atoms with Gasteiger partial charge in [-0.1, -0.05) is 6.92 Å². The van der Waals surface area contributed by atoms with Crippen molar-refractivity contribution in [3.05, 3.63) is 24.0 Å². The lowest BCUT2D eigenvalue weighted by Gasteiger charge is -2.35. The first kappa shape index (κ1) is 18.1. The number of hydrogen-bond acceptors (Lipinski definition) is 6. The average Bonchev–Trinajstić information content (AvgIpc) is 3.00. The van der Waals surface area contributed by atoms with E-state index in [-0.39, 0.29) is 23.5 Å². The Balaban J connectivity index is 1.70. The molecule has 7 nitrogen and oxygen atoms in total. The number of pyridine rings is 1. The Morgan fingerprint density at radius 2 is 2.00 bits per heavy atom. The summed E-state index contributed by atoms with van der Waals surface area (Å²) in [5.74, 6) is 0.0556. The number of amides is 1. The minimum atomic E-state index is -3.01. The summed E-state index contributed by atoms with van der Waals surface area (Å²) in [6.07, 6.45) is 3.86. The molecule has 3 heterocycles. The molecule has 0 aromatic carbocycles. The van der Waals surface area contributed by atoms with Gasteiger partial charge in [0.1, 0.15) is 0 Å². The maximum Gasteiger partial charge on any atom is 0.255 e. The molecule has 1 amide bonds. The summed E-state index contributed by atoms with van der Waals surface area (Å²) in [7, 11) is -1.33. The second kappa shape index (κ2) is 7.29. The highest BCUT2D eigenvalue weighted by Crippen LogP contribution is 2.21. The van der Waals surface area contributed by atoms with Gasteiger partial charge in [0.2, 0.25) is 0 Å². The van der Waals surface area contributed by atoms with Crippen LogP contribution in [0.3, 0.4) is 0 Å². The minimum absolute atomic E-state index is 0.0569. The molecule has 2 aliphatic heterocycles. The Kier molecular flexibility index (Phi) is 5.29. The number of nitrogens with zero attached hydrogens (tertiary/aromatic N) is 4. The number of likely N-dealkylation sites (N-methyl/N-ethyl adjacent to an activating group) is 1. The summed E-state index contributed by atoms with van der Waals surface area (Å²) < 4.78 is 23.3. The van der Waals surface area contributed by atoms with Crippen molar-refractivity contribution in [3.8, 4) is 0 Å². The van der Waals surface area contributed by atoms with Crippen molar-refractivity contribution >= 4 is 21.4 Å². The van der Waals surface area contributed by atoms with Crippen LogP contribution in [0.4, 0.5) is 5.69 Å². The third-order valence-corrected chi connectivity index (χ3v) is 6.98. The van der Waals surface area contributed by atoms with Gasteiger partial charge in [0.15, 0.2) is 9.84 Å². The molecule has 0 spiro atoms. The van der Waals surface area contributed by atoms with Crippen molar-refractivity contribution in [2.24, 2.45) is 0 Å². The van der Waals surface area contributed by atoms with Crippen LogP contribution < -0.4 is 4.90 Å². The Labute approximate surface area is 149 Å². The van der Waals surface area contributed by atoms with Gasteiger partial charge in [0.05, 0.1) is 29.0 Å². The zero-order chi connectivity index (χ0) is 18.0. The molecule has 1 aromatic heterocycles. The molecule has 0 saturated carbocycles. The minimum Gasteiger partial charge on any atom is -0.368 e. The summed E-state index contributed by atoms with van der Waals surface area (Å²) in [6, 6.07) is 1.63. The SMILES string of the molecule is CCN1CCN(c2cncc(C(=O)N(C)C3CCS(=O)(=O)C3)c2)CC1. The van der Waals surface area contributed by atoms with E-state index in [1.165, 1.54) is 0 Å². The van der Waals surface area contributed by atoms with Crippen LogP contribution in [-0.2, 0) is 9.84 Å². The van der Waals surface area contributed by atoms with E-state index >= 15 is 0 Å². The molecule has 2 aliphatic rings. The van der Waals surface area contributed by atoms with Gasteiger partial charge >= 0.3 is 0 Å². The molecule has 0 radical (unpaired) electrons. The lowest BCUT2D eigenvalue weighted by Crippen LogP contribution is -2.46. The standard InChI is InChI=1S/C17H26N4O3S/c1-3-20-5-7-21(8-6-20)16-10-14(11-18-12-16)17(22)19(2)15-4-9-25(23,24)13-15/h10-12,15H,3-9,13H2,1-2H3. The predicted molar refractivity (Wildman–Crippen MR) is 97.7 cm³/mol. The summed E-state index contributed by atoms with van der Waals surface area (Å²) >= 11 is 0. The molecular weight excluding hydrogens is 340 g/mol. The number of rotatable bonds is 4. The number of carbonyl (C=O) groups is 1. The summed E-state index contributed by atoms with van der Waals surface area (Å²) in [5.41, 5.74) is 1.47. The Bertz CT molecular complexity index is 729. The zero-order valence-corrected chi connectivity index (χ0v) is 15.7. The predicted octanol–water partition coefficient (Wildman–Crippen LogP) is 0.483. The van der Waals surface area contributed by atoms with E-state index in [0.29, 0.717) is 12.0 Å². The fraction of sp³-hybridized carbons (Fsp3) is 0.647. The van der Waals surface area contributed by atoms with E-state index in [0.717, 1.165) is 38.4 Å². The zero-order valence-electron chi connectivity index (χ0n) is 14.9. The van der Waals surface area contributed by atoms with Gasteiger partial charge in [-0.25, -0.2) is 8.42 Å². The number of aromatic nitrogens is 1. The van der Waals surface area contributed by atoms with E-state index < -0.39 is 9.84 Å². The van der Waals surface area contributed by atoms with E-state index in [1.54, 1.807) is 24.3 Å². The summed E-state index contributed by atoms with van der Waals surface area (Å²) in [4.78, 5) is 23.2. The summed E-state index contributed by atoms with van der Waals surface area (Å²) in [6.45, 7) is 7.08. The molecule has 0 bridgehead atoms. The molecule has 2 fully saturated rings. The average molecular weight is 366 g/mol. The van der Waals surface area contributed by atoms with Crippen molar-refractivity contribution in [2.45, 2.75) is 19.4 Å². The van der Waals surface area contributed by atoms with Gasteiger partial charge in [-0.3, -0.25) is 9.78 Å². The number of carbonyl (C=O) groups excluding carboxylic acids is 1. The molecule has 2 saturated heterocycles. The molecule has 0 aliphatic carbocycles. The fourth-order valence-corrected chi connectivity index (χ4v) is 5.26. The summed E-state index contributed by atoms with van der Waals surface area (Å²) in [5, 5.41) is 0. The monoisotopic (exact) mass is 366 g/mol. The van der Waals surface area contributed by atoms with Crippen LogP contribution in [0.5, 0.6) is 0 Å². The fourth-order valence-electron chi connectivity index (χ4n) is 3.49. The van der Waals surface area contributed by atoms with Crippen LogP contribution in [0.15, 0.2) is 18.5 Å². The second-order valence-electron chi connectivity index (χ2n) is 6.83. The molecule has 1 unspecified atom stereocenters. The van der Waals surface area contributed by atoms with Crippen molar-refractivity contribution in [3.63, 3.8) is 0 Å². The Morgan fingerprint density at radius 1 is 1.28 bits per heavy atom. The van der Waals surface area contributed by atoms with Crippen molar-refractivity contribution in [2.75, 3.05) is 56.2 Å². The molecule has 25 heavy (non-hydrogen) atoms. The Morgan fingerprint density at radius 3 is 2.60 bits per heavy atom. The topological polar surface area (TPSA) is 73.8 Å². The molecule has 3 rings (SSSR count). The van der Waals surface area contributed by atoms with Gasteiger partial charge in [0.25, 0.3) is 5.91 Å². The highest BCUT2D eigenvalue weighted by molar-refractivity contribution is 7.91. The normalized spacial score (nSPS) is 23.6. The van der Waals surface area contributed by atoms with Gasteiger partial charge in [-0.2, -0.15) is 0 Å². The van der Waals surface area contributed by atoms with Crippen molar-refractivity contribution < 1.29 is 13.2 Å². The smallest absolute Gasteiger partial charge is 0.255 e. The van der Waals surface area contributed by atoms with Gasteiger partial charge in [0, 0.05) is 45.5 Å². The molecule has 0 N–H and O–H groups in total. The number of sulfone groups is 1. The first-order valence-corrected chi connectivity index (χ1v) is 10.6. The molecule has 138 valence electrons. The van der Waals surface area contributed by atoms with Crippen LogP contribution >= 0.6 is 0 Å². The van der Waals surface area contributed by atoms with Crippen molar-refractivity contribution in [1.29, 1.82) is 0 Å². The van der Waals surface area contributed by atoms with E-state index in [4.69, 9.17) is 0 Å². The quantitative estimate of drug-likeness (QED) is 0.772. The maximum atomic E-state index is 12.7. The van der Waals surface area contributed by atoms with E-state index in [2.05, 4.69) is 21.7 Å². The highest BCUT2D eigenvalue weighted by Gasteiger charge is 2.33. The van der Waals surface area contributed by atoms with Crippen LogP contribution in [0.1, 0.15) is 23.7 Å². The van der Waals surface area contributed by atoms with Crippen LogP contribution in [0, 0.1) is 0 Å². The second-order valence-corrected chi connectivity index (χ2v) is 9.05. The first-order valence-electron chi connectivity index (χ1n) is 8.79. The largest absolute Gasteiger partial charge is 0.368 e. The number of anilines is 1. The molecule has 1 aromatic rings. The third-order valence-electron chi connectivity index (χ3n) is 5.23. The highest BCUT2D eigenvalue weighted by atomic mass is 32.2. The first-order chi connectivity index (χ1) is 11.9. The third kappa shape index (κ3) is 4.12. The van der Waals surface area contributed by atoms with Gasteiger partial charge in [-0.05, 0) is 19.0 Å². The lowest BCUT2D eigenvalue weighted by molar-refractivity contribution is 0.0747. The van der Waals surface area contributed by atoms with Crippen LogP contribution in [0.2, 0.25) is 0 Å². The molecule has 1 atom stereocenters. The molecule has 8 heteroatoms. The van der Waals surface area contributed by atoms with Gasteiger partial charge in [-0.15, -0.1) is 0 Å². The maximum absolute atomic E-state index is 12.7. The van der Waals surface area contributed by atoms with Crippen LogP contribution in [-0.4, -0.2) is 86.4 Å². The van der Waals surface area contributed by atoms with Gasteiger partial charge < -0.3 is 14.7 Å². The van der Waals surface area contributed by atoms with E-state index in [1.807, 2.05) is 6.07 Å². The molecular formula is C17H26N4O3S. The lowest BCUT2D eigenvalue weighted by atomic mass is 10.1. The van der Waals surface area contributed by atoms with E-state index in [9.17, 15) is 13.2 Å². The number of piperazine rings is 1. The Hall–Kier alpha value is -1.67. The van der Waals surface area contributed by atoms with Crippen LogP contribution in [0.25, 0.3) is 0 Å². The number of hydrogen-bond donors (Lipinski definition) is 0.